The van der Waals surface area contributed by atoms with Gasteiger partial charge in [0, 0.05) is 18.7 Å². The van der Waals surface area contributed by atoms with E-state index in [9.17, 15) is 13.2 Å². The molecular formula is C22H28N2O4S. The quantitative estimate of drug-likeness (QED) is 0.818. The number of para-hydroxylation sites is 1. The molecule has 1 heterocycles. The molecule has 0 bridgehead atoms. The molecular weight excluding hydrogens is 388 g/mol. The highest BCUT2D eigenvalue weighted by atomic mass is 32.2. The summed E-state index contributed by atoms with van der Waals surface area (Å²) >= 11 is 0. The molecule has 29 heavy (non-hydrogen) atoms. The molecule has 1 N–H and O–H groups in total. The molecule has 0 aliphatic carbocycles. The number of benzene rings is 2. The first-order chi connectivity index (χ1) is 13.6. The van der Waals surface area contributed by atoms with E-state index in [1.807, 2.05) is 38.1 Å². The van der Waals surface area contributed by atoms with E-state index in [1.165, 1.54) is 10.6 Å². The summed E-state index contributed by atoms with van der Waals surface area (Å²) in [7, 11) is -3.49. The third-order valence-corrected chi connectivity index (χ3v) is 6.29. The predicted octanol–water partition coefficient (Wildman–Crippen LogP) is 3.98. The minimum atomic E-state index is -3.49. The highest BCUT2D eigenvalue weighted by Crippen LogP contribution is 2.35. The zero-order valence-electron chi connectivity index (χ0n) is 17.5. The van der Waals surface area contributed by atoms with Crippen LogP contribution in [0.2, 0.25) is 0 Å². The molecule has 6 nitrogen and oxygen atoms in total. The Bertz CT molecular complexity index is 1030. The number of anilines is 2. The van der Waals surface area contributed by atoms with Crippen LogP contribution in [-0.2, 0) is 14.8 Å². The molecule has 1 amide bonds. The highest BCUT2D eigenvalue weighted by molar-refractivity contribution is 7.92. The summed E-state index contributed by atoms with van der Waals surface area (Å²) < 4.78 is 31.9. The molecule has 156 valence electrons. The minimum Gasteiger partial charge on any atom is -0.478 e. The monoisotopic (exact) mass is 416 g/mol. The summed E-state index contributed by atoms with van der Waals surface area (Å²) in [5.74, 6) is 0.375. The number of rotatable bonds is 4. The van der Waals surface area contributed by atoms with Gasteiger partial charge in [-0.1, -0.05) is 38.1 Å². The number of nitrogens with one attached hydrogen (secondary N) is 1. The molecule has 2 aromatic carbocycles. The molecule has 0 unspecified atom stereocenters. The molecule has 0 fully saturated rings. The van der Waals surface area contributed by atoms with E-state index in [4.69, 9.17) is 4.74 Å². The van der Waals surface area contributed by atoms with Gasteiger partial charge in [0.1, 0.15) is 5.75 Å². The number of fused-ring (bicyclic) bond motifs is 1. The van der Waals surface area contributed by atoms with Crippen molar-refractivity contribution in [1.82, 2.24) is 0 Å². The molecule has 0 saturated heterocycles. The number of hydrogen-bond acceptors (Lipinski definition) is 4. The van der Waals surface area contributed by atoms with Crippen LogP contribution >= 0.6 is 0 Å². The van der Waals surface area contributed by atoms with Crippen molar-refractivity contribution in [2.75, 3.05) is 22.4 Å². The van der Waals surface area contributed by atoms with Gasteiger partial charge in [-0.3, -0.25) is 9.10 Å². The van der Waals surface area contributed by atoms with Crippen molar-refractivity contribution in [3.05, 3.63) is 53.1 Å². The fourth-order valence-corrected chi connectivity index (χ4v) is 4.50. The molecule has 7 heteroatoms. The maximum atomic E-state index is 13.1. The van der Waals surface area contributed by atoms with Gasteiger partial charge in [0.2, 0.25) is 10.0 Å². The van der Waals surface area contributed by atoms with Gasteiger partial charge < -0.3 is 10.1 Å². The second-order valence-electron chi connectivity index (χ2n) is 7.88. The first-order valence-electron chi connectivity index (χ1n) is 9.73. The summed E-state index contributed by atoms with van der Waals surface area (Å²) in [6.45, 7) is 8.18. The van der Waals surface area contributed by atoms with Crippen LogP contribution in [-0.4, -0.2) is 33.2 Å². The molecule has 2 aromatic rings. The lowest BCUT2D eigenvalue weighted by molar-refractivity contribution is -0.122. The van der Waals surface area contributed by atoms with Gasteiger partial charge in [0.25, 0.3) is 5.91 Å². The van der Waals surface area contributed by atoms with Crippen LogP contribution in [0, 0.1) is 13.8 Å². The van der Waals surface area contributed by atoms with Gasteiger partial charge in [-0.15, -0.1) is 0 Å². The molecule has 1 atom stereocenters. The van der Waals surface area contributed by atoms with Crippen LogP contribution in [0.3, 0.4) is 0 Å². The average Bonchev–Trinajstić information content (AvgIpc) is 2.82. The second-order valence-corrected chi connectivity index (χ2v) is 9.79. The smallest absolute Gasteiger partial charge is 0.265 e. The summed E-state index contributed by atoms with van der Waals surface area (Å²) in [6, 6.07) is 11.3. The van der Waals surface area contributed by atoms with Gasteiger partial charge in [-0.05, 0) is 48.6 Å². The zero-order chi connectivity index (χ0) is 21.3. The SMILES string of the molecule is Cc1ccc2c(c1)N(S(C)(=O)=O)CC[C@@H](C(=O)Nc1c(C)cccc1C(C)C)O2. The van der Waals surface area contributed by atoms with E-state index in [0.29, 0.717) is 11.4 Å². The third kappa shape index (κ3) is 4.56. The Kier molecular flexibility index (Phi) is 5.89. The standard InChI is InChI=1S/C22H28N2O4S/c1-14(2)17-8-6-7-16(4)21(17)23-22(25)20-11-12-24(29(5,26)27)18-13-15(3)9-10-19(18)28-20/h6-10,13-14,20H,11-12H2,1-5H3,(H,23,25)/t20-/m0/s1. The number of carbonyl (C=O) groups is 1. The number of hydrogen-bond donors (Lipinski definition) is 1. The Morgan fingerprint density at radius 2 is 1.93 bits per heavy atom. The van der Waals surface area contributed by atoms with Gasteiger partial charge >= 0.3 is 0 Å². The predicted molar refractivity (Wildman–Crippen MR) is 116 cm³/mol. The minimum absolute atomic E-state index is 0.179. The largest absolute Gasteiger partial charge is 0.478 e. The van der Waals surface area contributed by atoms with Crippen LogP contribution in [0.5, 0.6) is 5.75 Å². The summed E-state index contributed by atoms with van der Waals surface area (Å²) in [5.41, 5.74) is 4.23. The topological polar surface area (TPSA) is 75.7 Å². The van der Waals surface area contributed by atoms with Gasteiger partial charge in [0.15, 0.2) is 6.10 Å². The molecule has 0 radical (unpaired) electrons. The Balaban J connectivity index is 1.92. The normalized spacial score (nSPS) is 16.8. The highest BCUT2D eigenvalue weighted by Gasteiger charge is 2.31. The Hall–Kier alpha value is -2.54. The number of carbonyl (C=O) groups excluding carboxylic acids is 1. The Morgan fingerprint density at radius 1 is 1.21 bits per heavy atom. The van der Waals surface area contributed by atoms with E-state index in [0.717, 1.165) is 22.4 Å². The number of sulfonamides is 1. The molecule has 3 rings (SSSR count). The van der Waals surface area contributed by atoms with E-state index >= 15 is 0 Å². The van der Waals surface area contributed by atoms with E-state index in [1.54, 1.807) is 12.1 Å². The van der Waals surface area contributed by atoms with Crippen molar-refractivity contribution in [2.24, 2.45) is 0 Å². The van der Waals surface area contributed by atoms with Gasteiger partial charge in [-0.25, -0.2) is 8.42 Å². The first-order valence-corrected chi connectivity index (χ1v) is 11.6. The van der Waals surface area contributed by atoms with E-state index < -0.39 is 16.1 Å². The van der Waals surface area contributed by atoms with Crippen LogP contribution in [0.15, 0.2) is 36.4 Å². The fourth-order valence-electron chi connectivity index (χ4n) is 3.56. The van der Waals surface area contributed by atoms with Gasteiger partial charge in [0.05, 0.1) is 11.9 Å². The van der Waals surface area contributed by atoms with Crippen molar-refractivity contribution in [1.29, 1.82) is 0 Å². The lowest BCUT2D eigenvalue weighted by Crippen LogP contribution is -2.36. The molecule has 0 saturated carbocycles. The van der Waals surface area contributed by atoms with Crippen molar-refractivity contribution in [2.45, 2.75) is 46.1 Å². The zero-order valence-corrected chi connectivity index (χ0v) is 18.3. The van der Waals surface area contributed by atoms with Crippen LogP contribution in [0.1, 0.15) is 42.9 Å². The van der Waals surface area contributed by atoms with E-state index in [2.05, 4.69) is 19.2 Å². The number of aryl methyl sites for hydroxylation is 2. The number of nitrogens with zero attached hydrogens (tertiary/aromatic N) is 1. The number of amides is 1. The lowest BCUT2D eigenvalue weighted by Gasteiger charge is -2.21. The van der Waals surface area contributed by atoms with Gasteiger partial charge in [-0.2, -0.15) is 0 Å². The van der Waals surface area contributed by atoms with Crippen LogP contribution in [0.4, 0.5) is 11.4 Å². The Morgan fingerprint density at radius 3 is 2.59 bits per heavy atom. The summed E-state index contributed by atoms with van der Waals surface area (Å²) in [5, 5.41) is 3.02. The van der Waals surface area contributed by atoms with Crippen molar-refractivity contribution in [3.8, 4) is 5.75 Å². The second kappa shape index (κ2) is 8.06. The lowest BCUT2D eigenvalue weighted by atomic mass is 9.98. The number of ether oxygens (including phenoxy) is 1. The molecule has 0 aromatic heterocycles. The molecule has 1 aliphatic rings. The fraction of sp³-hybridized carbons (Fsp3) is 0.409. The molecule has 1 aliphatic heterocycles. The maximum absolute atomic E-state index is 13.1. The molecule has 0 spiro atoms. The van der Waals surface area contributed by atoms with Crippen molar-refractivity contribution >= 4 is 27.3 Å². The summed E-state index contributed by atoms with van der Waals surface area (Å²) in [6.07, 6.45) is 0.639. The third-order valence-electron chi connectivity index (χ3n) is 5.11. The van der Waals surface area contributed by atoms with Crippen LogP contribution in [0.25, 0.3) is 0 Å². The van der Waals surface area contributed by atoms with Crippen LogP contribution < -0.4 is 14.4 Å². The Labute approximate surface area is 172 Å². The maximum Gasteiger partial charge on any atom is 0.265 e. The van der Waals surface area contributed by atoms with Crippen molar-refractivity contribution < 1.29 is 17.9 Å². The van der Waals surface area contributed by atoms with E-state index in [-0.39, 0.29) is 24.8 Å². The van der Waals surface area contributed by atoms with Crippen molar-refractivity contribution in [3.63, 3.8) is 0 Å². The summed E-state index contributed by atoms with van der Waals surface area (Å²) in [4.78, 5) is 13.1. The first kappa shape index (κ1) is 21.2. The average molecular weight is 417 g/mol.